The number of aromatic nitrogens is 1. The second-order valence-electron chi connectivity index (χ2n) is 3.83. The number of rotatable bonds is 6. The summed E-state index contributed by atoms with van der Waals surface area (Å²) in [5.74, 6) is -1.60. The average molecular weight is 277 g/mol. The smallest absolute Gasteiger partial charge is 0.328 e. The molecule has 20 heavy (non-hydrogen) atoms. The summed E-state index contributed by atoms with van der Waals surface area (Å²) in [7, 11) is 1.52. The minimum absolute atomic E-state index is 0.160. The van der Waals surface area contributed by atoms with E-state index in [2.05, 4.69) is 15.6 Å². The molecule has 0 bridgehead atoms. The number of carboxylic acid groups (broad SMARTS) is 1. The Labute approximate surface area is 115 Å². The minimum Gasteiger partial charge on any atom is -0.478 e. The van der Waals surface area contributed by atoms with E-state index in [9.17, 15) is 14.4 Å². The highest BCUT2D eigenvalue weighted by Gasteiger charge is 2.07. The third-order valence-electron chi connectivity index (χ3n) is 2.35. The van der Waals surface area contributed by atoms with Crippen LogP contribution in [-0.2, 0) is 9.59 Å². The molecule has 0 spiro atoms. The monoisotopic (exact) mass is 277 g/mol. The molecule has 0 fully saturated rings. The lowest BCUT2D eigenvalue weighted by Gasteiger charge is -2.04. The molecule has 7 nitrogen and oxygen atoms in total. The highest BCUT2D eigenvalue weighted by atomic mass is 16.4. The number of hydrogen-bond donors (Lipinski definition) is 3. The summed E-state index contributed by atoms with van der Waals surface area (Å²) in [6.45, 7) is 0.223. The fourth-order valence-electron chi connectivity index (χ4n) is 1.31. The van der Waals surface area contributed by atoms with E-state index in [-0.39, 0.29) is 30.5 Å². The summed E-state index contributed by atoms with van der Waals surface area (Å²) in [5.41, 5.74) is 0.781. The van der Waals surface area contributed by atoms with Gasteiger partial charge >= 0.3 is 5.97 Å². The molecule has 0 aliphatic heterocycles. The molecule has 1 heterocycles. The molecule has 1 rings (SSSR count). The fourth-order valence-corrected chi connectivity index (χ4v) is 1.31. The Balaban J connectivity index is 2.53. The molecule has 0 radical (unpaired) electrons. The lowest BCUT2D eigenvalue weighted by molar-refractivity contribution is -0.131. The second-order valence-corrected chi connectivity index (χ2v) is 3.83. The van der Waals surface area contributed by atoms with Crippen molar-refractivity contribution in [2.45, 2.75) is 6.42 Å². The largest absolute Gasteiger partial charge is 0.478 e. The molecule has 0 aliphatic carbocycles. The molecule has 1 aromatic rings. The van der Waals surface area contributed by atoms with Crippen LogP contribution in [0.5, 0.6) is 0 Å². The topological polar surface area (TPSA) is 108 Å². The second kappa shape index (κ2) is 7.67. The van der Waals surface area contributed by atoms with Crippen LogP contribution in [0.25, 0.3) is 6.08 Å². The first-order chi connectivity index (χ1) is 9.52. The van der Waals surface area contributed by atoms with E-state index in [4.69, 9.17) is 5.11 Å². The first-order valence-electron chi connectivity index (χ1n) is 5.88. The van der Waals surface area contributed by atoms with Crippen LogP contribution in [0.4, 0.5) is 0 Å². The number of carbonyl (C=O) groups is 3. The van der Waals surface area contributed by atoms with E-state index in [1.54, 1.807) is 6.07 Å². The Bertz CT molecular complexity index is 523. The Morgan fingerprint density at radius 3 is 2.65 bits per heavy atom. The van der Waals surface area contributed by atoms with Crippen molar-refractivity contribution in [3.63, 3.8) is 0 Å². The van der Waals surface area contributed by atoms with Crippen molar-refractivity contribution in [3.8, 4) is 0 Å². The Morgan fingerprint density at radius 2 is 2.10 bits per heavy atom. The number of pyridine rings is 1. The molecule has 1 aromatic heterocycles. The van der Waals surface area contributed by atoms with E-state index in [1.165, 1.54) is 25.4 Å². The zero-order chi connectivity index (χ0) is 15.0. The first-order valence-corrected chi connectivity index (χ1v) is 5.88. The lowest BCUT2D eigenvalue weighted by Crippen LogP contribution is -2.29. The molecule has 0 aromatic carbocycles. The molecule has 0 unspecified atom stereocenters. The zero-order valence-corrected chi connectivity index (χ0v) is 10.9. The zero-order valence-electron chi connectivity index (χ0n) is 10.9. The molecule has 0 aliphatic rings. The van der Waals surface area contributed by atoms with Gasteiger partial charge in [-0.3, -0.25) is 14.6 Å². The van der Waals surface area contributed by atoms with Crippen molar-refractivity contribution in [2.24, 2.45) is 0 Å². The molecule has 3 N–H and O–H groups in total. The van der Waals surface area contributed by atoms with Crippen LogP contribution in [0.2, 0.25) is 0 Å². The number of amides is 2. The summed E-state index contributed by atoms with van der Waals surface area (Å²) in [5, 5.41) is 13.5. The highest BCUT2D eigenvalue weighted by molar-refractivity contribution is 5.92. The van der Waals surface area contributed by atoms with Gasteiger partial charge in [0.1, 0.15) is 5.69 Å². The molecular weight excluding hydrogens is 262 g/mol. The van der Waals surface area contributed by atoms with Gasteiger partial charge in [-0.15, -0.1) is 0 Å². The van der Waals surface area contributed by atoms with Gasteiger partial charge in [0.2, 0.25) is 5.91 Å². The number of carboxylic acids is 1. The number of aliphatic carboxylic acids is 1. The van der Waals surface area contributed by atoms with Crippen LogP contribution in [0.3, 0.4) is 0 Å². The van der Waals surface area contributed by atoms with E-state index >= 15 is 0 Å². The van der Waals surface area contributed by atoms with Gasteiger partial charge in [-0.25, -0.2) is 4.79 Å². The van der Waals surface area contributed by atoms with Crippen molar-refractivity contribution in [2.75, 3.05) is 13.6 Å². The van der Waals surface area contributed by atoms with Crippen molar-refractivity contribution in [1.82, 2.24) is 15.6 Å². The van der Waals surface area contributed by atoms with E-state index < -0.39 is 5.97 Å². The van der Waals surface area contributed by atoms with Gasteiger partial charge in [-0.2, -0.15) is 0 Å². The maximum absolute atomic E-state index is 11.7. The van der Waals surface area contributed by atoms with E-state index in [0.29, 0.717) is 5.56 Å². The van der Waals surface area contributed by atoms with Crippen LogP contribution in [0, 0.1) is 0 Å². The van der Waals surface area contributed by atoms with E-state index in [0.717, 1.165) is 6.08 Å². The van der Waals surface area contributed by atoms with Gasteiger partial charge in [0, 0.05) is 32.3 Å². The van der Waals surface area contributed by atoms with Crippen LogP contribution < -0.4 is 10.6 Å². The molecule has 2 amide bonds. The Kier molecular flexibility index (Phi) is 5.89. The maximum atomic E-state index is 11.7. The standard InChI is InChI=1S/C13H15N3O4/c1-14-11(17)6-7-15-13(20)10-4-2-9(8-16-10)3-5-12(18)19/h2-5,8H,6-7H2,1H3,(H,14,17)(H,15,20)(H,18,19). The normalized spacial score (nSPS) is 10.2. The van der Waals surface area contributed by atoms with Gasteiger partial charge in [-0.05, 0) is 17.7 Å². The van der Waals surface area contributed by atoms with Crippen LogP contribution in [0.15, 0.2) is 24.4 Å². The first kappa shape index (κ1) is 15.4. The van der Waals surface area contributed by atoms with Gasteiger partial charge in [-0.1, -0.05) is 6.07 Å². The van der Waals surface area contributed by atoms with Gasteiger partial charge in [0.05, 0.1) is 0 Å². The van der Waals surface area contributed by atoms with Crippen LogP contribution in [0.1, 0.15) is 22.5 Å². The number of nitrogens with zero attached hydrogens (tertiary/aromatic N) is 1. The Hall–Kier alpha value is -2.70. The summed E-state index contributed by atoms with van der Waals surface area (Å²) >= 11 is 0. The lowest BCUT2D eigenvalue weighted by atomic mass is 10.2. The third-order valence-corrected chi connectivity index (χ3v) is 2.35. The number of nitrogens with one attached hydrogen (secondary N) is 2. The Morgan fingerprint density at radius 1 is 1.35 bits per heavy atom. The molecule has 106 valence electrons. The summed E-state index contributed by atoms with van der Waals surface area (Å²) < 4.78 is 0. The quantitative estimate of drug-likeness (QED) is 0.636. The van der Waals surface area contributed by atoms with Gasteiger partial charge in [0.15, 0.2) is 0 Å². The maximum Gasteiger partial charge on any atom is 0.328 e. The van der Waals surface area contributed by atoms with Crippen LogP contribution >= 0.6 is 0 Å². The number of carbonyl (C=O) groups excluding carboxylic acids is 2. The molecule has 0 saturated carbocycles. The summed E-state index contributed by atoms with van der Waals surface area (Å²) in [6, 6.07) is 3.07. The molecule has 0 saturated heterocycles. The van der Waals surface area contributed by atoms with Crippen molar-refractivity contribution < 1.29 is 19.5 Å². The number of hydrogen-bond acceptors (Lipinski definition) is 4. The van der Waals surface area contributed by atoms with Gasteiger partial charge < -0.3 is 15.7 Å². The highest BCUT2D eigenvalue weighted by Crippen LogP contribution is 2.02. The molecule has 7 heteroatoms. The molecular formula is C13H15N3O4. The van der Waals surface area contributed by atoms with Crippen molar-refractivity contribution >= 4 is 23.9 Å². The third kappa shape index (κ3) is 5.30. The molecule has 0 atom stereocenters. The summed E-state index contributed by atoms with van der Waals surface area (Å²) in [6.07, 6.45) is 3.96. The minimum atomic E-state index is -1.05. The predicted molar refractivity (Wildman–Crippen MR) is 71.9 cm³/mol. The van der Waals surface area contributed by atoms with Crippen LogP contribution in [-0.4, -0.2) is 41.5 Å². The van der Waals surface area contributed by atoms with Crippen molar-refractivity contribution in [1.29, 1.82) is 0 Å². The predicted octanol–water partition coefficient (Wildman–Crippen LogP) is 0.0453. The fraction of sp³-hybridized carbons (Fsp3) is 0.231. The van der Waals surface area contributed by atoms with E-state index in [1.807, 2.05) is 0 Å². The SMILES string of the molecule is CNC(=O)CCNC(=O)c1ccc(C=CC(=O)O)cn1. The summed E-state index contributed by atoms with van der Waals surface area (Å²) in [4.78, 5) is 36.9. The average Bonchev–Trinajstić information content (AvgIpc) is 2.45. The van der Waals surface area contributed by atoms with Crippen molar-refractivity contribution in [3.05, 3.63) is 35.7 Å². The van der Waals surface area contributed by atoms with Gasteiger partial charge in [0.25, 0.3) is 5.91 Å².